The van der Waals surface area contributed by atoms with Crippen molar-refractivity contribution in [2.24, 2.45) is 11.7 Å². The van der Waals surface area contributed by atoms with Crippen LogP contribution in [-0.4, -0.2) is 24.0 Å². The van der Waals surface area contributed by atoms with E-state index in [1.54, 1.807) is 0 Å². The normalized spacial score (nSPS) is 23.7. The van der Waals surface area contributed by atoms with Gasteiger partial charge in [-0.05, 0) is 24.1 Å². The predicted molar refractivity (Wildman–Crippen MR) is 71.1 cm³/mol. The lowest BCUT2D eigenvalue weighted by atomic mass is 10.1. The highest BCUT2D eigenvalue weighted by Gasteiger charge is 2.32. The van der Waals surface area contributed by atoms with E-state index in [9.17, 15) is 17.6 Å². The maximum absolute atomic E-state index is 13.6. The van der Waals surface area contributed by atoms with Gasteiger partial charge in [0.25, 0.3) is 0 Å². The topological polar surface area (TPSA) is 29.3 Å². The molecule has 0 aromatic heterocycles. The largest absolute Gasteiger partial charge is 0.416 e. The molecule has 0 saturated carbocycles. The number of benzene rings is 1. The van der Waals surface area contributed by atoms with E-state index in [1.807, 2.05) is 11.8 Å². The standard InChI is InChI=1S/C13H16F4N2.ClH/c1-8-5-19(7-12(8)18)6-9-4-10(13(15,16)17)2-3-11(9)14;/h2-4,8,12H,5-7,18H2,1H3;1H. The van der Waals surface area contributed by atoms with E-state index in [2.05, 4.69) is 0 Å². The van der Waals surface area contributed by atoms with Gasteiger partial charge in [0.15, 0.2) is 0 Å². The Morgan fingerprint density at radius 2 is 1.95 bits per heavy atom. The number of alkyl halides is 3. The monoisotopic (exact) mass is 312 g/mol. The van der Waals surface area contributed by atoms with E-state index in [0.29, 0.717) is 13.1 Å². The molecule has 2 N–H and O–H groups in total. The molecule has 1 fully saturated rings. The number of rotatable bonds is 2. The van der Waals surface area contributed by atoms with Crippen LogP contribution in [-0.2, 0) is 12.7 Å². The van der Waals surface area contributed by atoms with Gasteiger partial charge in [-0.15, -0.1) is 12.4 Å². The summed E-state index contributed by atoms with van der Waals surface area (Å²) >= 11 is 0. The summed E-state index contributed by atoms with van der Waals surface area (Å²) in [6.07, 6.45) is -4.45. The second kappa shape index (κ2) is 6.28. The molecule has 1 saturated heterocycles. The zero-order valence-corrected chi connectivity index (χ0v) is 11.8. The van der Waals surface area contributed by atoms with Gasteiger partial charge in [-0.3, -0.25) is 4.90 Å². The molecule has 0 amide bonds. The van der Waals surface area contributed by atoms with Crippen LogP contribution in [0.1, 0.15) is 18.1 Å². The first kappa shape index (κ1) is 17.2. The molecule has 1 aliphatic heterocycles. The fourth-order valence-corrected chi connectivity index (χ4v) is 2.34. The van der Waals surface area contributed by atoms with Gasteiger partial charge >= 0.3 is 6.18 Å². The second-order valence-corrected chi connectivity index (χ2v) is 5.14. The maximum Gasteiger partial charge on any atom is 0.416 e. The molecule has 0 spiro atoms. The molecule has 1 aromatic rings. The first-order valence-electron chi connectivity index (χ1n) is 6.11. The maximum atomic E-state index is 13.6. The van der Waals surface area contributed by atoms with E-state index in [-0.39, 0.29) is 36.5 Å². The molecule has 114 valence electrons. The molecule has 7 heteroatoms. The summed E-state index contributed by atoms with van der Waals surface area (Å²) in [5, 5.41) is 0. The number of halogens is 5. The quantitative estimate of drug-likeness (QED) is 0.851. The molecule has 0 radical (unpaired) electrons. The second-order valence-electron chi connectivity index (χ2n) is 5.14. The first-order valence-corrected chi connectivity index (χ1v) is 6.11. The molecule has 1 heterocycles. The Balaban J connectivity index is 0.00000200. The van der Waals surface area contributed by atoms with Crippen molar-refractivity contribution in [3.05, 3.63) is 35.1 Å². The minimum Gasteiger partial charge on any atom is -0.326 e. The van der Waals surface area contributed by atoms with E-state index in [0.717, 1.165) is 18.2 Å². The summed E-state index contributed by atoms with van der Waals surface area (Å²) in [6, 6.07) is 2.51. The van der Waals surface area contributed by atoms with Crippen LogP contribution in [0.15, 0.2) is 18.2 Å². The summed E-state index contributed by atoms with van der Waals surface area (Å²) in [5.74, 6) is -0.338. The Labute approximate surface area is 121 Å². The lowest BCUT2D eigenvalue weighted by Crippen LogP contribution is -2.28. The first-order chi connectivity index (χ1) is 8.77. The predicted octanol–water partition coefficient (Wildman–Crippen LogP) is 3.05. The van der Waals surface area contributed by atoms with Gasteiger partial charge in [-0.1, -0.05) is 6.92 Å². The molecular weight excluding hydrogens is 296 g/mol. The number of hydrogen-bond acceptors (Lipinski definition) is 2. The zero-order valence-electron chi connectivity index (χ0n) is 11.0. The highest BCUT2D eigenvalue weighted by atomic mass is 35.5. The fraction of sp³-hybridized carbons (Fsp3) is 0.538. The van der Waals surface area contributed by atoms with Crippen LogP contribution >= 0.6 is 12.4 Å². The smallest absolute Gasteiger partial charge is 0.326 e. The third-order valence-corrected chi connectivity index (χ3v) is 3.51. The minimum atomic E-state index is -4.45. The fourth-order valence-electron chi connectivity index (χ4n) is 2.34. The Hall–Kier alpha value is -0.850. The van der Waals surface area contributed by atoms with Crippen LogP contribution in [0.2, 0.25) is 0 Å². The number of hydrogen-bond donors (Lipinski definition) is 1. The van der Waals surface area contributed by atoms with Crippen LogP contribution in [0.25, 0.3) is 0 Å². The highest BCUT2D eigenvalue weighted by molar-refractivity contribution is 5.85. The van der Waals surface area contributed by atoms with E-state index >= 15 is 0 Å². The van der Waals surface area contributed by atoms with Crippen LogP contribution in [0.5, 0.6) is 0 Å². The average molecular weight is 313 g/mol. The van der Waals surface area contributed by atoms with Crippen molar-refractivity contribution in [2.45, 2.75) is 25.7 Å². The molecular formula is C13H17ClF4N2. The van der Waals surface area contributed by atoms with Crippen molar-refractivity contribution in [3.8, 4) is 0 Å². The Morgan fingerprint density at radius 1 is 1.30 bits per heavy atom. The number of nitrogens with zero attached hydrogens (tertiary/aromatic N) is 1. The molecule has 0 bridgehead atoms. The van der Waals surface area contributed by atoms with Gasteiger partial charge in [0, 0.05) is 31.2 Å². The van der Waals surface area contributed by atoms with Crippen molar-refractivity contribution < 1.29 is 17.6 Å². The Kier molecular flexibility index (Phi) is 5.40. The van der Waals surface area contributed by atoms with Crippen molar-refractivity contribution >= 4 is 12.4 Å². The summed E-state index contributed by atoms with van der Waals surface area (Å²) in [4.78, 5) is 1.88. The Bertz CT molecular complexity index is 454. The molecule has 0 aliphatic carbocycles. The summed E-state index contributed by atoms with van der Waals surface area (Å²) in [5.41, 5.74) is 5.09. The van der Waals surface area contributed by atoms with Crippen LogP contribution in [0.4, 0.5) is 17.6 Å². The van der Waals surface area contributed by atoms with E-state index < -0.39 is 17.6 Å². The minimum absolute atomic E-state index is 0. The highest BCUT2D eigenvalue weighted by Crippen LogP contribution is 2.31. The zero-order chi connectivity index (χ0) is 14.2. The van der Waals surface area contributed by atoms with Crippen LogP contribution < -0.4 is 5.73 Å². The van der Waals surface area contributed by atoms with Gasteiger partial charge in [-0.25, -0.2) is 4.39 Å². The van der Waals surface area contributed by atoms with Gasteiger partial charge in [0.2, 0.25) is 0 Å². The van der Waals surface area contributed by atoms with Crippen molar-refractivity contribution in [3.63, 3.8) is 0 Å². The van der Waals surface area contributed by atoms with Crippen molar-refractivity contribution in [1.82, 2.24) is 4.90 Å². The lowest BCUT2D eigenvalue weighted by molar-refractivity contribution is -0.137. The molecule has 1 aliphatic rings. The number of nitrogens with two attached hydrogens (primary N) is 1. The van der Waals surface area contributed by atoms with Crippen LogP contribution in [0, 0.1) is 11.7 Å². The average Bonchev–Trinajstić information content (AvgIpc) is 2.59. The molecule has 2 unspecified atom stereocenters. The SMILES string of the molecule is CC1CN(Cc2cc(C(F)(F)F)ccc2F)CC1N.Cl. The van der Waals surface area contributed by atoms with Gasteiger partial charge in [0.05, 0.1) is 5.56 Å². The third kappa shape index (κ3) is 3.84. The van der Waals surface area contributed by atoms with E-state index in [1.165, 1.54) is 0 Å². The van der Waals surface area contributed by atoms with Crippen molar-refractivity contribution in [1.29, 1.82) is 0 Å². The van der Waals surface area contributed by atoms with Crippen LogP contribution in [0.3, 0.4) is 0 Å². The van der Waals surface area contributed by atoms with Gasteiger partial charge in [-0.2, -0.15) is 13.2 Å². The summed E-state index contributed by atoms with van der Waals surface area (Å²) < 4.78 is 51.3. The molecule has 1 aromatic carbocycles. The third-order valence-electron chi connectivity index (χ3n) is 3.51. The Morgan fingerprint density at radius 3 is 2.45 bits per heavy atom. The van der Waals surface area contributed by atoms with E-state index in [4.69, 9.17) is 5.73 Å². The molecule has 20 heavy (non-hydrogen) atoms. The molecule has 2 rings (SSSR count). The molecule has 2 nitrogen and oxygen atoms in total. The number of likely N-dealkylation sites (tertiary alicyclic amines) is 1. The summed E-state index contributed by atoms with van der Waals surface area (Å²) in [7, 11) is 0. The van der Waals surface area contributed by atoms with Gasteiger partial charge < -0.3 is 5.73 Å². The summed E-state index contributed by atoms with van der Waals surface area (Å²) in [6.45, 7) is 3.40. The van der Waals surface area contributed by atoms with Crippen molar-refractivity contribution in [2.75, 3.05) is 13.1 Å². The van der Waals surface area contributed by atoms with Gasteiger partial charge in [0.1, 0.15) is 5.82 Å². The lowest BCUT2D eigenvalue weighted by Gasteiger charge is -2.17. The molecule has 2 atom stereocenters.